The lowest BCUT2D eigenvalue weighted by Gasteiger charge is -2.15. The number of carbonyl (C=O) groups is 2. The summed E-state index contributed by atoms with van der Waals surface area (Å²) in [6.07, 6.45) is 4.59. The number of aryl methyl sites for hydroxylation is 1. The van der Waals surface area contributed by atoms with Gasteiger partial charge < -0.3 is 10.1 Å². The highest BCUT2D eigenvalue weighted by Crippen LogP contribution is 2.29. The third-order valence-electron chi connectivity index (χ3n) is 5.33. The van der Waals surface area contributed by atoms with Crippen LogP contribution >= 0.6 is 0 Å². The van der Waals surface area contributed by atoms with Crippen LogP contribution in [0.3, 0.4) is 0 Å². The lowest BCUT2D eigenvalue weighted by molar-refractivity contribution is -0.383. The highest BCUT2D eigenvalue weighted by Gasteiger charge is 2.24. The fourth-order valence-electron chi connectivity index (χ4n) is 3.91. The Morgan fingerprint density at radius 3 is 2.61 bits per heavy atom. The molecule has 3 aromatic rings. The van der Waals surface area contributed by atoms with Crippen molar-refractivity contribution in [2.45, 2.75) is 32.1 Å². The van der Waals surface area contributed by atoms with E-state index in [1.165, 1.54) is 18.2 Å². The monoisotopic (exact) mass is 419 g/mol. The molecular weight excluding hydrogens is 398 g/mol. The van der Waals surface area contributed by atoms with Gasteiger partial charge in [0.15, 0.2) is 6.61 Å². The van der Waals surface area contributed by atoms with Crippen LogP contribution in [-0.4, -0.2) is 28.4 Å². The van der Waals surface area contributed by atoms with Gasteiger partial charge in [-0.3, -0.25) is 19.9 Å². The molecule has 0 radical (unpaired) electrons. The summed E-state index contributed by atoms with van der Waals surface area (Å²) in [5.41, 5.74) is 2.80. The first-order valence-corrected chi connectivity index (χ1v) is 10.2. The highest BCUT2D eigenvalue weighted by molar-refractivity contribution is 6.06. The molecule has 0 unspecified atom stereocenters. The number of benzene rings is 2. The first-order valence-electron chi connectivity index (χ1n) is 10.2. The van der Waals surface area contributed by atoms with Crippen LogP contribution in [0.15, 0.2) is 48.5 Å². The number of fused-ring (bicyclic) bond motifs is 2. The van der Waals surface area contributed by atoms with Gasteiger partial charge >= 0.3 is 5.97 Å². The minimum absolute atomic E-state index is 0.0526. The zero-order valence-corrected chi connectivity index (χ0v) is 16.8. The predicted octanol–water partition coefficient (Wildman–Crippen LogP) is 4.21. The lowest BCUT2D eigenvalue weighted by Crippen LogP contribution is -2.22. The van der Waals surface area contributed by atoms with E-state index in [1.807, 2.05) is 24.3 Å². The largest absolute Gasteiger partial charge is 0.452 e. The summed E-state index contributed by atoms with van der Waals surface area (Å²) in [4.78, 5) is 40.6. The molecule has 1 aliphatic carbocycles. The summed E-state index contributed by atoms with van der Waals surface area (Å²) in [7, 11) is 0. The average Bonchev–Trinajstić information content (AvgIpc) is 3.01. The van der Waals surface area contributed by atoms with Gasteiger partial charge in [0.25, 0.3) is 11.6 Å². The van der Waals surface area contributed by atoms with Crippen LogP contribution in [0.25, 0.3) is 10.9 Å². The van der Waals surface area contributed by atoms with Gasteiger partial charge in [0, 0.05) is 17.1 Å². The molecule has 0 saturated carbocycles. The molecule has 0 saturated heterocycles. The number of para-hydroxylation sites is 3. The van der Waals surface area contributed by atoms with E-state index in [9.17, 15) is 19.7 Å². The molecule has 8 nitrogen and oxygen atoms in total. The maximum atomic E-state index is 13.0. The number of nitro groups is 1. The molecule has 158 valence electrons. The maximum Gasteiger partial charge on any atom is 0.339 e. The Bertz CT molecular complexity index is 1180. The minimum atomic E-state index is -0.646. The second kappa shape index (κ2) is 8.91. The summed E-state index contributed by atoms with van der Waals surface area (Å²) < 4.78 is 5.33. The number of esters is 1. The molecule has 8 heteroatoms. The Labute approximate surface area is 178 Å². The number of amides is 1. The van der Waals surface area contributed by atoms with E-state index < -0.39 is 23.4 Å². The third kappa shape index (κ3) is 4.37. The lowest BCUT2D eigenvalue weighted by atomic mass is 9.97. The number of hydrogen-bond donors (Lipinski definition) is 1. The first-order chi connectivity index (χ1) is 15.0. The number of nitro benzene ring substituents is 1. The van der Waals surface area contributed by atoms with Crippen LogP contribution in [0, 0.1) is 10.1 Å². The quantitative estimate of drug-likeness (QED) is 0.287. The Hall–Kier alpha value is -3.81. The zero-order valence-electron chi connectivity index (χ0n) is 16.8. The molecule has 2 aromatic carbocycles. The molecule has 1 N–H and O–H groups in total. The number of nitrogens with one attached hydrogen (secondary N) is 1. The molecule has 1 heterocycles. The molecule has 0 aliphatic heterocycles. The fourth-order valence-corrected chi connectivity index (χ4v) is 3.91. The van der Waals surface area contributed by atoms with Gasteiger partial charge in [-0.25, -0.2) is 4.79 Å². The number of aromatic nitrogens is 1. The Kier molecular flexibility index (Phi) is 5.88. The molecular formula is C23H21N3O5. The van der Waals surface area contributed by atoms with Crippen LogP contribution < -0.4 is 5.32 Å². The van der Waals surface area contributed by atoms with Crippen molar-refractivity contribution in [3.8, 4) is 0 Å². The third-order valence-corrected chi connectivity index (χ3v) is 5.33. The van der Waals surface area contributed by atoms with Gasteiger partial charge in [0.1, 0.15) is 5.69 Å². The first kappa shape index (κ1) is 20.5. The molecule has 0 atom stereocenters. The van der Waals surface area contributed by atoms with Gasteiger partial charge in [0.2, 0.25) is 0 Å². The standard InChI is InChI=1S/C23H21N3O5/c27-21(25-19-12-6-7-13-20(19)26(29)30)14-31-23(28)22-15-8-2-1-3-10-17(15)24-18-11-5-4-9-16(18)22/h4-7,9,11-13H,1-3,8,10,14H2,(H,25,27). The smallest absolute Gasteiger partial charge is 0.339 e. The van der Waals surface area contributed by atoms with E-state index in [4.69, 9.17) is 9.72 Å². The van der Waals surface area contributed by atoms with Crippen molar-refractivity contribution >= 4 is 34.2 Å². The van der Waals surface area contributed by atoms with Gasteiger partial charge in [-0.15, -0.1) is 0 Å². The highest BCUT2D eigenvalue weighted by atomic mass is 16.6. The van der Waals surface area contributed by atoms with Gasteiger partial charge in [0.05, 0.1) is 16.0 Å². The van der Waals surface area contributed by atoms with E-state index >= 15 is 0 Å². The molecule has 1 aliphatic rings. The van der Waals surface area contributed by atoms with Crippen molar-refractivity contribution in [1.82, 2.24) is 4.98 Å². The van der Waals surface area contributed by atoms with E-state index in [0.717, 1.165) is 48.9 Å². The Morgan fingerprint density at radius 2 is 1.77 bits per heavy atom. The molecule has 31 heavy (non-hydrogen) atoms. The van der Waals surface area contributed by atoms with Crippen molar-refractivity contribution in [1.29, 1.82) is 0 Å². The number of hydrogen-bond acceptors (Lipinski definition) is 6. The summed E-state index contributed by atoms with van der Waals surface area (Å²) in [5, 5.41) is 14.2. The van der Waals surface area contributed by atoms with Gasteiger partial charge in [-0.1, -0.05) is 36.8 Å². The van der Waals surface area contributed by atoms with Crippen LogP contribution in [0.2, 0.25) is 0 Å². The van der Waals surface area contributed by atoms with Crippen molar-refractivity contribution in [3.05, 3.63) is 75.5 Å². The van der Waals surface area contributed by atoms with E-state index in [0.29, 0.717) is 10.9 Å². The average molecular weight is 419 g/mol. The molecule has 4 rings (SSSR count). The zero-order chi connectivity index (χ0) is 21.8. The molecule has 0 spiro atoms. The maximum absolute atomic E-state index is 13.0. The fraction of sp³-hybridized carbons (Fsp3) is 0.261. The number of nitrogens with zero attached hydrogens (tertiary/aromatic N) is 2. The number of rotatable bonds is 5. The number of anilines is 1. The summed E-state index contributed by atoms with van der Waals surface area (Å²) in [5.74, 6) is -1.23. The van der Waals surface area contributed by atoms with Crippen LogP contribution in [0.1, 0.15) is 40.9 Å². The molecule has 0 fully saturated rings. The van der Waals surface area contributed by atoms with Crippen molar-refractivity contribution in [2.75, 3.05) is 11.9 Å². The van der Waals surface area contributed by atoms with E-state index in [2.05, 4.69) is 5.32 Å². The second-order valence-corrected chi connectivity index (χ2v) is 7.39. The molecule has 1 aromatic heterocycles. The van der Waals surface area contributed by atoms with Crippen LogP contribution in [-0.2, 0) is 22.4 Å². The Morgan fingerprint density at radius 1 is 1.03 bits per heavy atom. The normalized spacial score (nSPS) is 13.2. The SMILES string of the molecule is O=C(COC(=O)c1c2c(nc3ccccc13)CCCCC2)Nc1ccccc1[N+](=O)[O-]. The summed E-state index contributed by atoms with van der Waals surface area (Å²) in [6.45, 7) is -0.545. The van der Waals surface area contributed by atoms with Crippen LogP contribution in [0.5, 0.6) is 0 Å². The van der Waals surface area contributed by atoms with Crippen molar-refractivity contribution in [2.24, 2.45) is 0 Å². The second-order valence-electron chi connectivity index (χ2n) is 7.39. The number of pyridine rings is 1. The Balaban J connectivity index is 1.56. The van der Waals surface area contributed by atoms with Gasteiger partial charge in [-0.2, -0.15) is 0 Å². The molecule has 1 amide bonds. The van der Waals surface area contributed by atoms with E-state index in [-0.39, 0.29) is 11.4 Å². The van der Waals surface area contributed by atoms with E-state index in [1.54, 1.807) is 6.07 Å². The van der Waals surface area contributed by atoms with Crippen molar-refractivity contribution < 1.29 is 19.2 Å². The topological polar surface area (TPSA) is 111 Å². The van der Waals surface area contributed by atoms with Crippen molar-refractivity contribution in [3.63, 3.8) is 0 Å². The number of carbonyl (C=O) groups excluding carboxylic acids is 2. The predicted molar refractivity (Wildman–Crippen MR) is 115 cm³/mol. The van der Waals surface area contributed by atoms with Crippen LogP contribution in [0.4, 0.5) is 11.4 Å². The number of ether oxygens (including phenoxy) is 1. The summed E-state index contributed by atoms with van der Waals surface area (Å²) >= 11 is 0. The summed E-state index contributed by atoms with van der Waals surface area (Å²) in [6, 6.07) is 13.2. The minimum Gasteiger partial charge on any atom is -0.452 e. The molecule has 0 bridgehead atoms. The van der Waals surface area contributed by atoms with Gasteiger partial charge in [-0.05, 0) is 43.4 Å².